The van der Waals surface area contributed by atoms with Gasteiger partial charge in [-0.1, -0.05) is 46.0 Å². The quantitative estimate of drug-likeness (QED) is 0.506. The maximum atomic E-state index is 11.3. The van der Waals surface area contributed by atoms with E-state index in [4.69, 9.17) is 4.74 Å². The molecule has 0 unspecified atom stereocenters. The molecule has 0 aromatic rings. The first-order chi connectivity index (χ1) is 7.68. The second-order valence-electron chi connectivity index (χ2n) is 5.46. The molecule has 2 heteroatoms. The molecule has 0 saturated heterocycles. The highest BCUT2D eigenvalue weighted by molar-refractivity contribution is 5.69. The van der Waals surface area contributed by atoms with Gasteiger partial charge < -0.3 is 4.74 Å². The van der Waals surface area contributed by atoms with Crippen LogP contribution in [0, 0.1) is 11.8 Å². The van der Waals surface area contributed by atoms with Crippen LogP contribution in [0.5, 0.6) is 0 Å². The maximum Gasteiger partial charge on any atom is 0.306 e. The minimum atomic E-state index is -0.0290. The van der Waals surface area contributed by atoms with E-state index in [2.05, 4.69) is 0 Å². The Morgan fingerprint density at radius 2 is 1.94 bits per heavy atom. The molecule has 0 aromatic heterocycles. The Bertz CT molecular complexity index is 193. The molecule has 0 amide bonds. The zero-order chi connectivity index (χ0) is 11.8. The van der Waals surface area contributed by atoms with Crippen molar-refractivity contribution in [3.8, 4) is 0 Å². The monoisotopic (exact) mass is 226 g/mol. The predicted molar refractivity (Wildman–Crippen MR) is 66.2 cm³/mol. The SMILES string of the molecule is CC(C)CC(=O)OCCCC1CCCCC1. The van der Waals surface area contributed by atoms with Crippen molar-refractivity contribution in [2.24, 2.45) is 11.8 Å². The van der Waals surface area contributed by atoms with Gasteiger partial charge in [0.1, 0.15) is 0 Å². The summed E-state index contributed by atoms with van der Waals surface area (Å²) in [5.74, 6) is 1.28. The average molecular weight is 226 g/mol. The smallest absolute Gasteiger partial charge is 0.306 e. The van der Waals surface area contributed by atoms with Gasteiger partial charge >= 0.3 is 5.97 Å². The number of rotatable bonds is 6. The lowest BCUT2D eigenvalue weighted by molar-refractivity contribution is -0.144. The van der Waals surface area contributed by atoms with E-state index in [9.17, 15) is 4.79 Å². The molecule has 0 bridgehead atoms. The van der Waals surface area contributed by atoms with Gasteiger partial charge in [0.25, 0.3) is 0 Å². The van der Waals surface area contributed by atoms with Crippen molar-refractivity contribution in [2.75, 3.05) is 6.61 Å². The number of hydrogen-bond donors (Lipinski definition) is 0. The molecule has 2 nitrogen and oxygen atoms in total. The Morgan fingerprint density at radius 3 is 2.56 bits per heavy atom. The summed E-state index contributed by atoms with van der Waals surface area (Å²) in [6, 6.07) is 0. The molecule has 1 aliphatic carbocycles. The average Bonchev–Trinajstić information content (AvgIpc) is 2.25. The number of ether oxygens (including phenoxy) is 1. The van der Waals surface area contributed by atoms with Crippen LogP contribution in [0.25, 0.3) is 0 Å². The van der Waals surface area contributed by atoms with Gasteiger partial charge in [0.05, 0.1) is 6.61 Å². The molecule has 1 saturated carbocycles. The molecule has 16 heavy (non-hydrogen) atoms. The first kappa shape index (κ1) is 13.5. The van der Waals surface area contributed by atoms with Crippen molar-refractivity contribution in [1.82, 2.24) is 0 Å². The maximum absolute atomic E-state index is 11.3. The fourth-order valence-corrected chi connectivity index (χ4v) is 2.43. The Kier molecular flexibility index (Phi) is 6.51. The van der Waals surface area contributed by atoms with Crippen LogP contribution in [0.4, 0.5) is 0 Å². The second-order valence-corrected chi connectivity index (χ2v) is 5.46. The summed E-state index contributed by atoms with van der Waals surface area (Å²) < 4.78 is 5.20. The van der Waals surface area contributed by atoms with Gasteiger partial charge in [0.15, 0.2) is 0 Å². The first-order valence-electron chi connectivity index (χ1n) is 6.84. The van der Waals surface area contributed by atoms with Crippen LogP contribution in [0.1, 0.15) is 65.2 Å². The van der Waals surface area contributed by atoms with Crippen molar-refractivity contribution >= 4 is 5.97 Å². The zero-order valence-electron chi connectivity index (χ0n) is 10.8. The lowest BCUT2D eigenvalue weighted by Crippen LogP contribution is -2.11. The highest BCUT2D eigenvalue weighted by atomic mass is 16.5. The van der Waals surface area contributed by atoms with Crippen molar-refractivity contribution in [3.05, 3.63) is 0 Å². The molecule has 0 atom stereocenters. The van der Waals surface area contributed by atoms with Crippen molar-refractivity contribution in [3.63, 3.8) is 0 Å². The topological polar surface area (TPSA) is 26.3 Å². The zero-order valence-corrected chi connectivity index (χ0v) is 10.8. The fraction of sp³-hybridized carbons (Fsp3) is 0.929. The molecular weight excluding hydrogens is 200 g/mol. The Hall–Kier alpha value is -0.530. The minimum absolute atomic E-state index is 0.0290. The molecule has 0 radical (unpaired) electrons. The second kappa shape index (κ2) is 7.70. The van der Waals surface area contributed by atoms with Crippen LogP contribution < -0.4 is 0 Å². The van der Waals surface area contributed by atoms with E-state index < -0.39 is 0 Å². The lowest BCUT2D eigenvalue weighted by Gasteiger charge is -2.21. The lowest BCUT2D eigenvalue weighted by atomic mass is 9.86. The molecule has 1 rings (SSSR count). The van der Waals surface area contributed by atoms with E-state index >= 15 is 0 Å². The van der Waals surface area contributed by atoms with Gasteiger partial charge in [-0.25, -0.2) is 0 Å². The third kappa shape index (κ3) is 6.14. The summed E-state index contributed by atoms with van der Waals surface area (Å²) in [6.45, 7) is 4.72. The summed E-state index contributed by atoms with van der Waals surface area (Å²) in [7, 11) is 0. The molecule has 94 valence electrons. The normalized spacial score (nSPS) is 17.7. The molecular formula is C14H26O2. The third-order valence-electron chi connectivity index (χ3n) is 3.32. The number of esters is 1. The molecule has 0 heterocycles. The molecule has 0 aromatic carbocycles. The van der Waals surface area contributed by atoms with Crippen LogP contribution >= 0.6 is 0 Å². The molecule has 1 aliphatic rings. The number of carbonyl (C=O) groups excluding carboxylic acids is 1. The van der Waals surface area contributed by atoms with Crippen molar-refractivity contribution in [1.29, 1.82) is 0 Å². The third-order valence-corrected chi connectivity index (χ3v) is 3.32. The van der Waals surface area contributed by atoms with Gasteiger partial charge in [0.2, 0.25) is 0 Å². The first-order valence-corrected chi connectivity index (χ1v) is 6.84. The molecule has 0 spiro atoms. The standard InChI is InChI=1S/C14H26O2/c1-12(2)11-14(15)16-10-6-9-13-7-4-3-5-8-13/h12-13H,3-11H2,1-2H3. The number of carbonyl (C=O) groups is 1. The van der Waals surface area contributed by atoms with E-state index in [1.807, 2.05) is 13.8 Å². The molecule has 0 aliphatic heterocycles. The van der Waals surface area contributed by atoms with E-state index in [-0.39, 0.29) is 5.97 Å². The Labute approximate surface area is 99.8 Å². The van der Waals surface area contributed by atoms with Crippen LogP contribution in [-0.4, -0.2) is 12.6 Å². The van der Waals surface area contributed by atoms with E-state index in [0.29, 0.717) is 18.9 Å². The summed E-state index contributed by atoms with van der Waals surface area (Å²) >= 11 is 0. The van der Waals surface area contributed by atoms with Crippen LogP contribution in [-0.2, 0) is 9.53 Å². The Morgan fingerprint density at radius 1 is 1.25 bits per heavy atom. The van der Waals surface area contributed by atoms with Gasteiger partial charge in [-0.15, -0.1) is 0 Å². The van der Waals surface area contributed by atoms with Crippen molar-refractivity contribution in [2.45, 2.75) is 65.2 Å². The Balaban J connectivity index is 1.96. The number of hydrogen-bond acceptors (Lipinski definition) is 2. The highest BCUT2D eigenvalue weighted by Gasteiger charge is 2.13. The van der Waals surface area contributed by atoms with Crippen LogP contribution in [0.15, 0.2) is 0 Å². The van der Waals surface area contributed by atoms with Gasteiger partial charge in [0, 0.05) is 6.42 Å². The van der Waals surface area contributed by atoms with E-state index in [0.717, 1.165) is 12.3 Å². The predicted octanol–water partition coefficient (Wildman–Crippen LogP) is 3.94. The minimum Gasteiger partial charge on any atom is -0.466 e. The summed E-state index contributed by atoms with van der Waals surface area (Å²) in [6.07, 6.45) is 9.85. The molecule has 0 N–H and O–H groups in total. The molecule has 1 fully saturated rings. The summed E-state index contributed by atoms with van der Waals surface area (Å²) in [4.78, 5) is 11.3. The van der Waals surface area contributed by atoms with E-state index in [1.165, 1.54) is 38.5 Å². The van der Waals surface area contributed by atoms with Gasteiger partial charge in [-0.05, 0) is 24.7 Å². The largest absolute Gasteiger partial charge is 0.466 e. The van der Waals surface area contributed by atoms with Crippen molar-refractivity contribution < 1.29 is 9.53 Å². The summed E-state index contributed by atoms with van der Waals surface area (Å²) in [5, 5.41) is 0. The van der Waals surface area contributed by atoms with Crippen LogP contribution in [0.3, 0.4) is 0 Å². The fourth-order valence-electron chi connectivity index (χ4n) is 2.43. The highest BCUT2D eigenvalue weighted by Crippen LogP contribution is 2.27. The van der Waals surface area contributed by atoms with Gasteiger partial charge in [-0.2, -0.15) is 0 Å². The van der Waals surface area contributed by atoms with Gasteiger partial charge in [-0.3, -0.25) is 4.79 Å². The van der Waals surface area contributed by atoms with E-state index in [1.54, 1.807) is 0 Å². The summed E-state index contributed by atoms with van der Waals surface area (Å²) in [5.41, 5.74) is 0. The van der Waals surface area contributed by atoms with Crippen LogP contribution in [0.2, 0.25) is 0 Å².